The Labute approximate surface area is 120 Å². The third kappa shape index (κ3) is 2.98. The van der Waals surface area contributed by atoms with Gasteiger partial charge in [0.05, 0.1) is 0 Å². The molecule has 0 atom stereocenters. The predicted octanol–water partition coefficient (Wildman–Crippen LogP) is 1.94. The van der Waals surface area contributed by atoms with Crippen molar-refractivity contribution in [2.75, 3.05) is 12.4 Å². The number of rotatable bonds is 4. The number of hydrogen-bond donors (Lipinski definition) is 2. The van der Waals surface area contributed by atoms with Crippen molar-refractivity contribution in [1.29, 1.82) is 0 Å². The van der Waals surface area contributed by atoms with Crippen LogP contribution in [0.4, 0.5) is 5.82 Å². The summed E-state index contributed by atoms with van der Waals surface area (Å²) in [5.41, 5.74) is 0.548. The molecule has 20 heavy (non-hydrogen) atoms. The average Bonchev–Trinajstić information content (AvgIpc) is 3.21. The van der Waals surface area contributed by atoms with Gasteiger partial charge >= 0.3 is 0 Å². The summed E-state index contributed by atoms with van der Waals surface area (Å²) < 4.78 is 0. The highest BCUT2D eigenvalue weighted by molar-refractivity contribution is 7.99. The van der Waals surface area contributed by atoms with Crippen molar-refractivity contribution in [3.8, 4) is 0 Å². The minimum atomic E-state index is -0.148. The van der Waals surface area contributed by atoms with E-state index in [1.54, 1.807) is 6.92 Å². The summed E-state index contributed by atoms with van der Waals surface area (Å²) in [7, 11) is 1.83. The van der Waals surface area contributed by atoms with Crippen LogP contribution in [0.25, 0.3) is 0 Å². The molecule has 2 N–H and O–H groups in total. The van der Waals surface area contributed by atoms with E-state index in [-0.39, 0.29) is 5.56 Å². The Kier molecular flexibility index (Phi) is 3.43. The third-order valence-corrected chi connectivity index (χ3v) is 3.77. The maximum absolute atomic E-state index is 11.5. The highest BCUT2D eigenvalue weighted by Gasteiger charge is 2.27. The second-order valence-electron chi connectivity index (χ2n) is 4.77. The smallest absolute Gasteiger partial charge is 0.251 e. The lowest BCUT2D eigenvalue weighted by Crippen LogP contribution is -2.08. The van der Waals surface area contributed by atoms with Crippen LogP contribution < -0.4 is 10.9 Å². The van der Waals surface area contributed by atoms with Crippen molar-refractivity contribution in [3.05, 3.63) is 34.0 Å². The predicted molar refractivity (Wildman–Crippen MR) is 77.3 cm³/mol. The molecule has 2 aromatic heterocycles. The molecule has 104 valence electrons. The van der Waals surface area contributed by atoms with Gasteiger partial charge in [0.2, 0.25) is 0 Å². The molecule has 2 aromatic rings. The monoisotopic (exact) mass is 289 g/mol. The molecule has 0 amide bonds. The van der Waals surface area contributed by atoms with Gasteiger partial charge < -0.3 is 10.3 Å². The number of anilines is 1. The molecule has 3 rings (SSSR count). The Hall–Kier alpha value is -1.89. The van der Waals surface area contributed by atoms with Crippen molar-refractivity contribution < 1.29 is 0 Å². The molecule has 6 nitrogen and oxygen atoms in total. The third-order valence-electron chi connectivity index (χ3n) is 2.97. The van der Waals surface area contributed by atoms with Gasteiger partial charge in [0.15, 0.2) is 5.16 Å². The summed E-state index contributed by atoms with van der Waals surface area (Å²) >= 11 is 1.35. The second kappa shape index (κ2) is 5.24. The highest BCUT2D eigenvalue weighted by atomic mass is 32.2. The maximum atomic E-state index is 11.5. The molecule has 1 aliphatic carbocycles. The number of H-pyrrole nitrogens is 1. The molecule has 0 radical (unpaired) electrons. The largest absolute Gasteiger partial charge is 0.373 e. The second-order valence-corrected chi connectivity index (χ2v) is 5.78. The van der Waals surface area contributed by atoms with Crippen molar-refractivity contribution in [2.24, 2.45) is 0 Å². The molecule has 1 fully saturated rings. The molecule has 0 spiro atoms. The molecular formula is C13H15N5OS. The van der Waals surface area contributed by atoms with Crippen LogP contribution in [0.2, 0.25) is 0 Å². The van der Waals surface area contributed by atoms with Crippen LogP contribution in [-0.4, -0.2) is 27.0 Å². The van der Waals surface area contributed by atoms with E-state index in [1.165, 1.54) is 17.8 Å². The number of aromatic amines is 1. The molecule has 0 aromatic carbocycles. The minimum Gasteiger partial charge on any atom is -0.373 e. The molecule has 1 aliphatic rings. The molecular weight excluding hydrogens is 274 g/mol. The fourth-order valence-electron chi connectivity index (χ4n) is 1.85. The average molecular weight is 289 g/mol. The van der Waals surface area contributed by atoms with E-state index in [9.17, 15) is 4.79 Å². The molecule has 0 aliphatic heterocycles. The van der Waals surface area contributed by atoms with Crippen molar-refractivity contribution in [1.82, 2.24) is 19.9 Å². The van der Waals surface area contributed by atoms with Gasteiger partial charge in [0.1, 0.15) is 16.7 Å². The molecule has 0 saturated heterocycles. The normalized spacial score (nSPS) is 14.3. The van der Waals surface area contributed by atoms with Crippen LogP contribution in [-0.2, 0) is 0 Å². The zero-order valence-electron chi connectivity index (χ0n) is 11.3. The number of nitrogens with zero attached hydrogens (tertiary/aromatic N) is 3. The van der Waals surface area contributed by atoms with E-state index in [2.05, 4.69) is 25.3 Å². The van der Waals surface area contributed by atoms with E-state index < -0.39 is 0 Å². The minimum absolute atomic E-state index is 0.148. The van der Waals surface area contributed by atoms with Gasteiger partial charge in [-0.1, -0.05) is 0 Å². The van der Waals surface area contributed by atoms with Gasteiger partial charge in [-0.05, 0) is 31.5 Å². The van der Waals surface area contributed by atoms with Gasteiger partial charge in [0.25, 0.3) is 5.56 Å². The first-order valence-electron chi connectivity index (χ1n) is 6.46. The molecule has 2 heterocycles. The number of aryl methyl sites for hydroxylation is 1. The highest BCUT2D eigenvalue weighted by Crippen LogP contribution is 2.39. The fourth-order valence-corrected chi connectivity index (χ4v) is 2.70. The zero-order valence-corrected chi connectivity index (χ0v) is 12.1. The topological polar surface area (TPSA) is 83.6 Å². The summed E-state index contributed by atoms with van der Waals surface area (Å²) in [5, 5.41) is 4.39. The first-order valence-corrected chi connectivity index (χ1v) is 7.28. The molecule has 7 heteroatoms. The van der Waals surface area contributed by atoms with Crippen molar-refractivity contribution >= 4 is 17.6 Å². The fraction of sp³-hybridized carbons (Fsp3) is 0.385. The van der Waals surface area contributed by atoms with Gasteiger partial charge in [-0.2, -0.15) is 0 Å². The van der Waals surface area contributed by atoms with E-state index in [0.717, 1.165) is 29.5 Å². The standard InChI is InChI=1S/C13H15N5OS/c1-7-5-10(19)17-13(15-7)20-11-6-9(14-2)16-12(18-11)8-3-4-8/h5-6,8H,3-4H2,1-2H3,(H,14,16,18)(H,15,17,19). The first kappa shape index (κ1) is 13.1. The molecule has 0 bridgehead atoms. The van der Waals surface area contributed by atoms with E-state index in [0.29, 0.717) is 16.8 Å². The lowest BCUT2D eigenvalue weighted by molar-refractivity contribution is 0.868. The summed E-state index contributed by atoms with van der Waals surface area (Å²) in [6, 6.07) is 3.33. The van der Waals surface area contributed by atoms with E-state index >= 15 is 0 Å². The number of hydrogen-bond acceptors (Lipinski definition) is 6. The van der Waals surface area contributed by atoms with Crippen molar-refractivity contribution in [2.45, 2.75) is 35.9 Å². The van der Waals surface area contributed by atoms with E-state index in [4.69, 9.17) is 0 Å². The Morgan fingerprint density at radius 1 is 1.30 bits per heavy atom. The summed E-state index contributed by atoms with van der Waals surface area (Å²) in [4.78, 5) is 27.5. The van der Waals surface area contributed by atoms with Crippen LogP contribution in [0, 0.1) is 6.92 Å². The van der Waals surface area contributed by atoms with Crippen molar-refractivity contribution in [3.63, 3.8) is 0 Å². The lowest BCUT2D eigenvalue weighted by Gasteiger charge is -2.06. The lowest BCUT2D eigenvalue weighted by atomic mass is 10.4. The molecule has 1 saturated carbocycles. The number of aromatic nitrogens is 4. The van der Waals surface area contributed by atoms with Gasteiger partial charge in [-0.25, -0.2) is 15.0 Å². The van der Waals surface area contributed by atoms with Gasteiger partial charge in [-0.15, -0.1) is 0 Å². The van der Waals surface area contributed by atoms with Crippen LogP contribution in [0.3, 0.4) is 0 Å². The Morgan fingerprint density at radius 2 is 2.10 bits per heavy atom. The van der Waals surface area contributed by atoms with Gasteiger partial charge in [-0.3, -0.25) is 4.79 Å². The quantitative estimate of drug-likeness (QED) is 0.661. The zero-order chi connectivity index (χ0) is 14.1. The Balaban J connectivity index is 1.92. The van der Waals surface area contributed by atoms with Crippen LogP contribution in [0.5, 0.6) is 0 Å². The maximum Gasteiger partial charge on any atom is 0.251 e. The van der Waals surface area contributed by atoms with E-state index in [1.807, 2.05) is 13.1 Å². The summed E-state index contributed by atoms with van der Waals surface area (Å²) in [6.07, 6.45) is 2.30. The summed E-state index contributed by atoms with van der Waals surface area (Å²) in [5.74, 6) is 2.14. The van der Waals surface area contributed by atoms with Crippen LogP contribution in [0.1, 0.15) is 30.3 Å². The number of nitrogens with one attached hydrogen (secondary N) is 2. The Bertz CT molecular complexity index is 695. The van der Waals surface area contributed by atoms with Gasteiger partial charge in [0, 0.05) is 30.8 Å². The Morgan fingerprint density at radius 3 is 2.75 bits per heavy atom. The molecule has 0 unspecified atom stereocenters. The SMILES string of the molecule is CNc1cc(Sc2nc(C)cc(=O)[nH]2)nc(C2CC2)n1. The van der Waals surface area contributed by atoms with Crippen LogP contribution in [0.15, 0.2) is 27.1 Å². The van der Waals surface area contributed by atoms with Crippen LogP contribution >= 0.6 is 11.8 Å². The first-order chi connectivity index (χ1) is 9.64. The summed E-state index contributed by atoms with van der Waals surface area (Å²) in [6.45, 7) is 1.80.